The first-order chi connectivity index (χ1) is 9.56. The van der Waals surface area contributed by atoms with Crippen LogP contribution in [0.15, 0.2) is 12.1 Å². The quantitative estimate of drug-likeness (QED) is 0.835. The van der Waals surface area contributed by atoms with Gasteiger partial charge in [0.15, 0.2) is 17.5 Å². The predicted molar refractivity (Wildman–Crippen MR) is 70.2 cm³/mol. The van der Waals surface area contributed by atoms with Crippen LogP contribution in [0, 0.1) is 17.5 Å². The topological polar surface area (TPSA) is 24.5 Å². The fraction of sp³-hybridized carbons (Fsp3) is 0.571. The van der Waals surface area contributed by atoms with Crippen LogP contribution < -0.4 is 5.32 Å². The highest BCUT2D eigenvalue weighted by Crippen LogP contribution is 2.29. The molecule has 1 heterocycles. The van der Waals surface area contributed by atoms with Gasteiger partial charge < -0.3 is 10.1 Å². The smallest absolute Gasteiger partial charge is 0.194 e. The van der Waals surface area contributed by atoms with Gasteiger partial charge in [-0.05, 0) is 24.7 Å². The fourth-order valence-corrected chi connectivity index (χ4v) is 2.71. The first kappa shape index (κ1) is 15.3. The lowest BCUT2D eigenvalue weighted by molar-refractivity contribution is 0.159. The Labute approximate surface area is 116 Å². The minimum absolute atomic E-state index is 0.0681. The molecule has 1 N–H and O–H groups in total. The number of hydrogen-bond acceptors (Lipinski definition) is 3. The molecule has 1 fully saturated rings. The number of halogens is 3. The summed E-state index contributed by atoms with van der Waals surface area (Å²) in [6.07, 6.45) is 0. The summed E-state index contributed by atoms with van der Waals surface area (Å²) in [4.78, 5) is 2.16. The molecule has 3 nitrogen and oxygen atoms in total. The van der Waals surface area contributed by atoms with E-state index in [1.165, 1.54) is 0 Å². The average Bonchev–Trinajstić information content (AvgIpc) is 2.85. The second-order valence-corrected chi connectivity index (χ2v) is 5.05. The molecule has 1 aliphatic rings. The maximum Gasteiger partial charge on any atom is 0.194 e. The number of nitrogens with one attached hydrogen (secondary N) is 1. The van der Waals surface area contributed by atoms with E-state index in [0.717, 1.165) is 25.2 Å². The summed E-state index contributed by atoms with van der Waals surface area (Å²) in [5, 5.41) is 3.15. The van der Waals surface area contributed by atoms with Gasteiger partial charge in [0.05, 0.1) is 6.61 Å². The maximum absolute atomic E-state index is 13.4. The zero-order valence-corrected chi connectivity index (χ0v) is 11.6. The Bertz CT molecular complexity index is 447. The molecule has 0 saturated carbocycles. The van der Waals surface area contributed by atoms with Crippen LogP contribution in [0.2, 0.25) is 0 Å². The molecule has 1 saturated heterocycles. The van der Waals surface area contributed by atoms with E-state index in [1.807, 2.05) is 7.05 Å². The second-order valence-electron chi connectivity index (χ2n) is 5.05. The van der Waals surface area contributed by atoms with E-state index in [2.05, 4.69) is 10.2 Å². The summed E-state index contributed by atoms with van der Waals surface area (Å²) in [7, 11) is 3.45. The monoisotopic (exact) mass is 288 g/mol. The van der Waals surface area contributed by atoms with Crippen molar-refractivity contribution < 1.29 is 17.9 Å². The van der Waals surface area contributed by atoms with Gasteiger partial charge in [0.2, 0.25) is 0 Å². The maximum atomic E-state index is 13.4. The van der Waals surface area contributed by atoms with Gasteiger partial charge in [0.25, 0.3) is 0 Å². The standard InChI is InChI=1S/C14H19F3N2O/c1-18-13-8-19(3-4-20-2)7-10(13)9-5-11(15)14(17)12(16)6-9/h5-6,10,13,18H,3-4,7-8H2,1-2H3/t10-,13+/m0/s1. The molecule has 1 aliphatic heterocycles. The van der Waals surface area contributed by atoms with Gasteiger partial charge in [-0.2, -0.15) is 0 Å². The Balaban J connectivity index is 2.18. The van der Waals surface area contributed by atoms with Crippen LogP contribution in [0.4, 0.5) is 13.2 Å². The summed E-state index contributed by atoms with van der Waals surface area (Å²) >= 11 is 0. The number of benzene rings is 1. The lowest BCUT2D eigenvalue weighted by Gasteiger charge is -2.18. The molecular formula is C14H19F3N2O. The third-order valence-electron chi connectivity index (χ3n) is 3.81. The number of nitrogens with zero attached hydrogens (tertiary/aromatic N) is 1. The Morgan fingerprint density at radius 1 is 1.25 bits per heavy atom. The Hall–Kier alpha value is -1.11. The molecule has 0 bridgehead atoms. The molecule has 1 aromatic carbocycles. The molecule has 1 aromatic rings. The lowest BCUT2D eigenvalue weighted by Crippen LogP contribution is -2.33. The highest BCUT2D eigenvalue weighted by Gasteiger charge is 2.33. The van der Waals surface area contributed by atoms with Crippen molar-refractivity contribution in [3.63, 3.8) is 0 Å². The van der Waals surface area contributed by atoms with Gasteiger partial charge >= 0.3 is 0 Å². The summed E-state index contributed by atoms with van der Waals surface area (Å²) in [6, 6.07) is 2.26. The third-order valence-corrected chi connectivity index (χ3v) is 3.81. The van der Waals surface area contributed by atoms with E-state index in [9.17, 15) is 13.2 Å². The number of methoxy groups -OCH3 is 1. The van der Waals surface area contributed by atoms with E-state index in [4.69, 9.17) is 4.74 Å². The van der Waals surface area contributed by atoms with Crippen molar-refractivity contribution in [1.82, 2.24) is 10.2 Å². The second kappa shape index (κ2) is 6.56. The van der Waals surface area contributed by atoms with E-state index in [-0.39, 0.29) is 12.0 Å². The van der Waals surface area contributed by atoms with Crippen LogP contribution in [0.25, 0.3) is 0 Å². The number of hydrogen-bond donors (Lipinski definition) is 1. The summed E-state index contributed by atoms with van der Waals surface area (Å²) in [5.41, 5.74) is 0.487. The predicted octanol–water partition coefficient (Wildman–Crippen LogP) is 1.74. The van der Waals surface area contributed by atoms with Gasteiger partial charge in [-0.1, -0.05) is 0 Å². The number of rotatable bonds is 5. The highest BCUT2D eigenvalue weighted by atomic mass is 19.2. The van der Waals surface area contributed by atoms with Crippen LogP contribution >= 0.6 is 0 Å². The van der Waals surface area contributed by atoms with Crippen LogP contribution in [-0.4, -0.2) is 51.3 Å². The van der Waals surface area contributed by atoms with Crippen molar-refractivity contribution in [3.05, 3.63) is 35.1 Å². The van der Waals surface area contributed by atoms with Crippen molar-refractivity contribution in [2.75, 3.05) is 40.4 Å². The normalized spacial score (nSPS) is 23.4. The van der Waals surface area contributed by atoms with E-state index < -0.39 is 17.5 Å². The zero-order valence-electron chi connectivity index (χ0n) is 11.6. The Kier molecular flexibility index (Phi) is 5.01. The van der Waals surface area contributed by atoms with Crippen molar-refractivity contribution in [3.8, 4) is 0 Å². The largest absolute Gasteiger partial charge is 0.383 e. The fourth-order valence-electron chi connectivity index (χ4n) is 2.71. The summed E-state index contributed by atoms with van der Waals surface area (Å²) in [6.45, 7) is 2.80. The molecular weight excluding hydrogens is 269 g/mol. The first-order valence-corrected chi connectivity index (χ1v) is 6.59. The Morgan fingerprint density at radius 3 is 2.45 bits per heavy atom. The number of likely N-dealkylation sites (N-methyl/N-ethyl adjacent to an activating group) is 1. The number of ether oxygens (including phenoxy) is 1. The van der Waals surface area contributed by atoms with Crippen molar-refractivity contribution in [1.29, 1.82) is 0 Å². The Morgan fingerprint density at radius 2 is 1.90 bits per heavy atom. The van der Waals surface area contributed by atoms with Gasteiger partial charge in [0, 0.05) is 38.7 Å². The summed E-state index contributed by atoms with van der Waals surface area (Å²) < 4.78 is 44.8. The van der Waals surface area contributed by atoms with E-state index in [1.54, 1.807) is 7.11 Å². The molecule has 2 atom stereocenters. The van der Waals surface area contributed by atoms with Crippen molar-refractivity contribution >= 4 is 0 Å². The lowest BCUT2D eigenvalue weighted by atomic mass is 9.94. The molecule has 0 aliphatic carbocycles. The third kappa shape index (κ3) is 3.13. The van der Waals surface area contributed by atoms with Gasteiger partial charge in [-0.25, -0.2) is 13.2 Å². The SMILES string of the molecule is CN[C@@H]1CN(CCOC)C[C@H]1c1cc(F)c(F)c(F)c1. The zero-order chi connectivity index (χ0) is 14.7. The molecule has 6 heteroatoms. The molecule has 112 valence electrons. The molecule has 0 radical (unpaired) electrons. The van der Waals surface area contributed by atoms with Gasteiger partial charge in [-0.15, -0.1) is 0 Å². The van der Waals surface area contributed by atoms with Gasteiger partial charge in [-0.3, -0.25) is 4.90 Å². The first-order valence-electron chi connectivity index (χ1n) is 6.59. The van der Waals surface area contributed by atoms with Crippen LogP contribution in [0.5, 0.6) is 0 Å². The van der Waals surface area contributed by atoms with Crippen molar-refractivity contribution in [2.45, 2.75) is 12.0 Å². The molecule has 2 rings (SSSR count). The van der Waals surface area contributed by atoms with Crippen molar-refractivity contribution in [2.24, 2.45) is 0 Å². The van der Waals surface area contributed by atoms with Crippen LogP contribution in [0.3, 0.4) is 0 Å². The number of likely N-dealkylation sites (tertiary alicyclic amines) is 1. The van der Waals surface area contributed by atoms with E-state index >= 15 is 0 Å². The highest BCUT2D eigenvalue weighted by molar-refractivity contribution is 5.26. The molecule has 0 aromatic heterocycles. The molecule has 20 heavy (non-hydrogen) atoms. The molecule has 0 amide bonds. The van der Waals surface area contributed by atoms with Crippen LogP contribution in [-0.2, 0) is 4.74 Å². The molecule has 0 unspecified atom stereocenters. The van der Waals surface area contributed by atoms with Gasteiger partial charge in [0.1, 0.15) is 0 Å². The van der Waals surface area contributed by atoms with E-state index in [0.29, 0.717) is 18.7 Å². The minimum atomic E-state index is -1.41. The minimum Gasteiger partial charge on any atom is -0.383 e. The molecule has 0 spiro atoms. The van der Waals surface area contributed by atoms with Crippen LogP contribution in [0.1, 0.15) is 11.5 Å². The summed E-state index contributed by atoms with van der Waals surface area (Å²) in [5.74, 6) is -3.75. The average molecular weight is 288 g/mol.